The van der Waals surface area contributed by atoms with Crippen LogP contribution in [0.4, 0.5) is 0 Å². The van der Waals surface area contributed by atoms with Gasteiger partial charge in [0.15, 0.2) is 12.2 Å². The van der Waals surface area contributed by atoms with Crippen LogP contribution in [0.3, 0.4) is 0 Å². The Kier molecular flexibility index (Phi) is 12.4. The van der Waals surface area contributed by atoms with Crippen molar-refractivity contribution in [3.63, 3.8) is 0 Å². The third-order valence-corrected chi connectivity index (χ3v) is 7.20. The second-order valence-corrected chi connectivity index (χ2v) is 10.8. The zero-order valence-corrected chi connectivity index (χ0v) is 23.7. The first-order valence-corrected chi connectivity index (χ1v) is 14.7. The van der Waals surface area contributed by atoms with Crippen molar-refractivity contribution in [2.75, 3.05) is 6.61 Å². The van der Waals surface area contributed by atoms with E-state index in [0.717, 1.165) is 13.8 Å². The first-order chi connectivity index (χ1) is 19.6. The summed E-state index contributed by atoms with van der Waals surface area (Å²) in [6.45, 7) is 1.14. The summed E-state index contributed by atoms with van der Waals surface area (Å²) in [4.78, 5) is 35.8. The molecule has 15 nitrogen and oxygen atoms in total. The molecule has 1 fully saturated rings. The number of phosphoric acid groups is 1. The van der Waals surface area contributed by atoms with E-state index in [2.05, 4.69) is 10.0 Å². The number of hydrogen-bond acceptors (Lipinski definition) is 12. The summed E-state index contributed by atoms with van der Waals surface area (Å²) >= 11 is 0. The fraction of sp³-hybridized carbons (Fsp3) is 0.417. The minimum Gasteiger partial charge on any atom is -0.458 e. The van der Waals surface area contributed by atoms with Gasteiger partial charge in [-0.3, -0.25) is 23.2 Å². The molecule has 0 aliphatic carbocycles. The van der Waals surface area contributed by atoms with Crippen LogP contribution in [-0.2, 0) is 64.2 Å². The predicted molar refractivity (Wildman–Crippen MR) is 140 cm³/mol. The van der Waals surface area contributed by atoms with Gasteiger partial charge >= 0.3 is 28.0 Å². The highest BCUT2D eigenvalue weighted by Gasteiger charge is 2.53. The highest BCUT2D eigenvalue weighted by atomic mass is 31.2. The van der Waals surface area contributed by atoms with Crippen LogP contribution in [0.5, 0.6) is 0 Å². The number of hydrogen-bond donors (Lipinski definition) is 1. The molecule has 220 valence electrons. The highest BCUT2D eigenvalue weighted by molar-refractivity contribution is 7.48. The molecule has 0 saturated carbocycles. The molecule has 0 radical (unpaired) electrons. The van der Waals surface area contributed by atoms with Gasteiger partial charge in [-0.1, -0.05) is 70.3 Å². The molecule has 1 aliphatic rings. The van der Waals surface area contributed by atoms with Gasteiger partial charge in [0.1, 0.15) is 12.1 Å². The van der Waals surface area contributed by atoms with E-state index in [1.54, 1.807) is 60.7 Å². The Bertz CT molecular complexity index is 1230. The minimum absolute atomic E-state index is 0.155. The topological polar surface area (TPSA) is 202 Å². The van der Waals surface area contributed by atoms with Crippen molar-refractivity contribution in [3.05, 3.63) is 82.2 Å². The number of rotatable bonds is 14. The maximum absolute atomic E-state index is 13.7. The molecule has 3 unspecified atom stereocenters. The molecule has 2 aromatic rings. The Hall–Kier alpha value is -3.22. The fourth-order valence-corrected chi connectivity index (χ4v) is 5.30. The molecule has 17 heteroatoms. The van der Waals surface area contributed by atoms with E-state index in [-0.39, 0.29) is 13.2 Å². The number of carbonyl (C=O) groups excluding carboxylic acids is 2. The Morgan fingerprint density at radius 2 is 1.46 bits per heavy atom. The molecule has 0 spiro atoms. The lowest BCUT2D eigenvalue weighted by atomic mass is 9.97. The summed E-state index contributed by atoms with van der Waals surface area (Å²) in [5, 5.41) is 3.46. The van der Waals surface area contributed by atoms with E-state index in [9.17, 15) is 23.6 Å². The summed E-state index contributed by atoms with van der Waals surface area (Å²) < 4.78 is 63.0. The summed E-state index contributed by atoms with van der Waals surface area (Å²) in [6, 6.07) is 16.0. The lowest BCUT2D eigenvalue weighted by Crippen LogP contribution is -2.60. The van der Waals surface area contributed by atoms with E-state index in [1.807, 2.05) is 0 Å². The number of esters is 2. The molecule has 0 bridgehead atoms. The van der Waals surface area contributed by atoms with Crippen molar-refractivity contribution in [1.82, 2.24) is 0 Å². The third-order valence-electron chi connectivity index (χ3n) is 5.46. The first kappa shape index (κ1) is 32.3. The molecule has 0 amide bonds. The van der Waals surface area contributed by atoms with Crippen molar-refractivity contribution in [2.24, 2.45) is 5.11 Å². The van der Waals surface area contributed by atoms with Gasteiger partial charge in [-0.15, -0.1) is 4.89 Å². The van der Waals surface area contributed by atoms with Crippen molar-refractivity contribution < 1.29 is 55.9 Å². The Morgan fingerprint density at radius 1 is 0.951 bits per heavy atom. The maximum Gasteiger partial charge on any atom is 0.697 e. The predicted octanol–water partition coefficient (Wildman–Crippen LogP) is 4.48. The SMILES string of the molecule is CC(=O)O[C@@H]1C(COP(=O)(OCc2ccccc2)OCc2ccccc2)O[C@H](O[P+](=O)O)C(N=[N+]=[N-])[C@H]1OC(C)=O. The number of phosphoric ester groups is 1. The van der Waals surface area contributed by atoms with Crippen molar-refractivity contribution in [3.8, 4) is 0 Å². The van der Waals surface area contributed by atoms with Crippen LogP contribution >= 0.6 is 16.1 Å². The number of ether oxygens (including phenoxy) is 3. The lowest BCUT2D eigenvalue weighted by Gasteiger charge is -2.41. The Balaban J connectivity index is 1.88. The second-order valence-electron chi connectivity index (χ2n) is 8.49. The first-order valence-electron chi connectivity index (χ1n) is 12.1. The van der Waals surface area contributed by atoms with Crippen LogP contribution in [0, 0.1) is 0 Å². The summed E-state index contributed by atoms with van der Waals surface area (Å²) in [7, 11) is -7.65. The van der Waals surface area contributed by atoms with Crippen LogP contribution < -0.4 is 0 Å². The smallest absolute Gasteiger partial charge is 0.458 e. The Labute approximate surface area is 235 Å². The molecular weight excluding hydrogens is 584 g/mol. The van der Waals surface area contributed by atoms with E-state index in [0.29, 0.717) is 11.1 Å². The zero-order chi connectivity index (χ0) is 29.8. The molecule has 0 aromatic heterocycles. The quantitative estimate of drug-likeness (QED) is 0.103. The van der Waals surface area contributed by atoms with Gasteiger partial charge in [-0.2, -0.15) is 0 Å². The van der Waals surface area contributed by atoms with Gasteiger partial charge in [0.25, 0.3) is 0 Å². The summed E-state index contributed by atoms with van der Waals surface area (Å²) in [6.07, 6.45) is -6.20. The summed E-state index contributed by atoms with van der Waals surface area (Å²) in [5.74, 6) is -1.70. The van der Waals surface area contributed by atoms with Gasteiger partial charge in [-0.05, 0) is 16.7 Å². The average molecular weight is 612 g/mol. The monoisotopic (exact) mass is 612 g/mol. The standard InChI is InChI=1S/C24H27N3O12P2/c1-16(28)36-22-20(38-24(39-40(30)31)21(26-27-25)23(22)37-17(2)29)15-35-41(32,33-13-18-9-5-3-6-10-18)34-14-19-11-7-4-8-12-19/h3-12,20-24H,13-15H2,1-2H3/p+1/t20?,21?,22-,23-,24-/m1/s1. The van der Waals surface area contributed by atoms with Crippen LogP contribution in [0.15, 0.2) is 65.8 Å². The Morgan fingerprint density at radius 3 is 1.93 bits per heavy atom. The van der Waals surface area contributed by atoms with E-state index >= 15 is 0 Å². The van der Waals surface area contributed by atoms with Gasteiger partial charge in [0.05, 0.1) is 19.8 Å². The van der Waals surface area contributed by atoms with Crippen molar-refractivity contribution in [1.29, 1.82) is 0 Å². The molecule has 1 N–H and O–H groups in total. The lowest BCUT2D eigenvalue weighted by molar-refractivity contribution is -0.250. The number of benzene rings is 2. The molecular formula is C24H28N3O12P2+. The number of carbonyl (C=O) groups is 2. The van der Waals surface area contributed by atoms with E-state index in [1.165, 1.54) is 0 Å². The zero-order valence-electron chi connectivity index (χ0n) is 22.0. The molecule has 1 saturated heterocycles. The highest BCUT2D eigenvalue weighted by Crippen LogP contribution is 2.51. The molecule has 3 rings (SSSR count). The second kappa shape index (κ2) is 15.7. The molecule has 41 heavy (non-hydrogen) atoms. The van der Waals surface area contributed by atoms with Crippen molar-refractivity contribution >= 4 is 28.0 Å². The van der Waals surface area contributed by atoms with Gasteiger partial charge < -0.3 is 14.2 Å². The van der Waals surface area contributed by atoms with Crippen LogP contribution in [0.2, 0.25) is 0 Å². The van der Waals surface area contributed by atoms with Crippen LogP contribution in [0.25, 0.3) is 10.4 Å². The molecule has 1 aliphatic heterocycles. The molecule has 6 atom stereocenters. The van der Waals surface area contributed by atoms with E-state index < -0.39 is 65.3 Å². The maximum atomic E-state index is 13.7. The molecule has 1 heterocycles. The van der Waals surface area contributed by atoms with E-state index in [4.69, 9.17) is 37.8 Å². The van der Waals surface area contributed by atoms with Gasteiger partial charge in [0.2, 0.25) is 6.29 Å². The van der Waals surface area contributed by atoms with Crippen LogP contribution in [0.1, 0.15) is 25.0 Å². The minimum atomic E-state index is -4.36. The number of azide groups is 1. The number of nitrogens with zero attached hydrogens (tertiary/aromatic N) is 3. The van der Waals surface area contributed by atoms with Gasteiger partial charge in [0, 0.05) is 23.3 Å². The largest absolute Gasteiger partial charge is 0.697 e. The van der Waals surface area contributed by atoms with Crippen molar-refractivity contribution in [2.45, 2.75) is 57.7 Å². The third kappa shape index (κ3) is 10.3. The normalized spacial score (nSPS) is 22.7. The van der Waals surface area contributed by atoms with Gasteiger partial charge in [-0.25, -0.2) is 4.57 Å². The fourth-order valence-electron chi connectivity index (χ4n) is 3.78. The average Bonchev–Trinajstić information content (AvgIpc) is 2.93. The van der Waals surface area contributed by atoms with Crippen LogP contribution in [-0.4, -0.2) is 54.1 Å². The summed E-state index contributed by atoms with van der Waals surface area (Å²) in [5.41, 5.74) is 10.4. The molecule has 2 aromatic carbocycles.